The molecule has 1 saturated carbocycles. The second kappa shape index (κ2) is 10.0. The average molecular weight is 537 g/mol. The van der Waals surface area contributed by atoms with Crippen molar-refractivity contribution in [1.29, 1.82) is 0 Å². The van der Waals surface area contributed by atoms with Crippen molar-refractivity contribution in [2.75, 3.05) is 13.7 Å². The van der Waals surface area contributed by atoms with E-state index < -0.39 is 66.3 Å². The molecule has 0 radical (unpaired) electrons. The van der Waals surface area contributed by atoms with Crippen molar-refractivity contribution in [3.05, 3.63) is 35.8 Å². The van der Waals surface area contributed by atoms with Gasteiger partial charge in [0.2, 0.25) is 0 Å². The predicted molar refractivity (Wildman–Crippen MR) is 128 cm³/mol. The molecule has 1 aromatic rings. The number of methoxy groups -OCH3 is 1. The molecule has 11 heteroatoms. The first-order chi connectivity index (χ1) is 18.0. The van der Waals surface area contributed by atoms with E-state index >= 15 is 0 Å². The molecule has 4 N–H and O–H groups in total. The van der Waals surface area contributed by atoms with Crippen LogP contribution in [0.5, 0.6) is 0 Å². The zero-order valence-electron chi connectivity index (χ0n) is 21.7. The molecule has 11 atom stereocenters. The zero-order valence-corrected chi connectivity index (χ0v) is 21.7. The lowest BCUT2D eigenvalue weighted by Crippen LogP contribution is -2.61. The van der Waals surface area contributed by atoms with E-state index in [-0.39, 0.29) is 17.8 Å². The first-order valence-electron chi connectivity index (χ1n) is 13.0. The Hall–Kier alpha value is -2.28. The van der Waals surface area contributed by atoms with E-state index in [1.54, 1.807) is 18.4 Å². The van der Waals surface area contributed by atoms with Gasteiger partial charge in [-0.25, -0.2) is 4.79 Å². The van der Waals surface area contributed by atoms with Crippen molar-refractivity contribution in [2.45, 2.75) is 82.4 Å². The molecule has 0 spiro atoms. The lowest BCUT2D eigenvalue weighted by molar-refractivity contribution is -0.310. The van der Waals surface area contributed by atoms with Crippen LogP contribution in [0.15, 0.2) is 34.7 Å². The molecular formula is C27H36O11. The smallest absolute Gasteiger partial charge is 0.334 e. The van der Waals surface area contributed by atoms with Gasteiger partial charge >= 0.3 is 11.9 Å². The highest BCUT2D eigenvalue weighted by Gasteiger charge is 2.62. The molecule has 0 bridgehead atoms. The summed E-state index contributed by atoms with van der Waals surface area (Å²) in [5, 5.41) is 40.5. The normalized spacial score (nSPS) is 44.9. The number of carbonyl (C=O) groups excluding carboxylic acids is 2. The standard InChI is InChI=1S/C27H36O11/c1-26-6-4-15-24(33)37-17(13-5-7-35-12-13)10-27(15,2)19(26)9-14(8-16(26)23(32)34-3)36-25-22(31)21(30)20(29)18(11-28)38-25/h5,7-8,12,14-15,17-22,25,28-31H,4,6,9-11H2,1-3H3/t14-,15+,17+,18-,19-,20-,21+,22-,25-,26+,27-/m1/s1. The number of esters is 2. The van der Waals surface area contributed by atoms with Crippen LogP contribution >= 0.6 is 0 Å². The molecule has 0 amide bonds. The van der Waals surface area contributed by atoms with Crippen LogP contribution in [-0.4, -0.2) is 82.9 Å². The van der Waals surface area contributed by atoms with Crippen molar-refractivity contribution in [3.8, 4) is 0 Å². The summed E-state index contributed by atoms with van der Waals surface area (Å²) in [6, 6.07) is 1.77. The van der Waals surface area contributed by atoms with Gasteiger partial charge in [0.25, 0.3) is 0 Å². The van der Waals surface area contributed by atoms with E-state index in [0.29, 0.717) is 31.3 Å². The van der Waals surface area contributed by atoms with Gasteiger partial charge in [-0.05, 0) is 49.2 Å². The van der Waals surface area contributed by atoms with E-state index in [0.717, 1.165) is 5.56 Å². The summed E-state index contributed by atoms with van der Waals surface area (Å²) in [5.41, 5.74) is -0.00992. The average Bonchev–Trinajstić information content (AvgIpc) is 3.43. The number of hydrogen-bond acceptors (Lipinski definition) is 11. The minimum atomic E-state index is -1.59. The number of fused-ring (bicyclic) bond motifs is 3. The van der Waals surface area contributed by atoms with Crippen LogP contribution in [-0.2, 0) is 28.5 Å². The highest BCUT2D eigenvalue weighted by molar-refractivity contribution is 5.90. The molecule has 210 valence electrons. The fourth-order valence-electron chi connectivity index (χ4n) is 7.28. The maximum absolute atomic E-state index is 13.2. The van der Waals surface area contributed by atoms with E-state index in [4.69, 9.17) is 23.4 Å². The van der Waals surface area contributed by atoms with E-state index in [2.05, 4.69) is 6.92 Å². The number of rotatable bonds is 5. The van der Waals surface area contributed by atoms with Gasteiger partial charge < -0.3 is 43.8 Å². The third kappa shape index (κ3) is 4.29. The highest BCUT2D eigenvalue weighted by Crippen LogP contribution is 2.65. The molecule has 2 aliphatic heterocycles. The third-order valence-corrected chi connectivity index (χ3v) is 9.40. The maximum Gasteiger partial charge on any atom is 0.334 e. The molecule has 2 aliphatic carbocycles. The first kappa shape index (κ1) is 27.3. The number of aliphatic hydroxyl groups excluding tert-OH is 4. The van der Waals surface area contributed by atoms with Gasteiger partial charge in [0.1, 0.15) is 30.5 Å². The summed E-state index contributed by atoms with van der Waals surface area (Å²) in [7, 11) is 1.31. The Morgan fingerprint density at radius 2 is 1.95 bits per heavy atom. The summed E-state index contributed by atoms with van der Waals surface area (Å²) < 4.78 is 27.9. The largest absolute Gasteiger partial charge is 0.472 e. The Bertz CT molecular complexity index is 1070. The number of carbonyl (C=O) groups is 2. The van der Waals surface area contributed by atoms with E-state index in [9.17, 15) is 30.0 Å². The minimum Gasteiger partial charge on any atom is -0.472 e. The molecule has 11 nitrogen and oxygen atoms in total. The van der Waals surface area contributed by atoms with Crippen LogP contribution < -0.4 is 0 Å². The number of hydrogen-bond donors (Lipinski definition) is 4. The molecule has 5 rings (SSSR count). The van der Waals surface area contributed by atoms with Crippen LogP contribution in [0.4, 0.5) is 0 Å². The van der Waals surface area contributed by atoms with Crippen LogP contribution in [0, 0.1) is 22.7 Å². The van der Waals surface area contributed by atoms with Gasteiger partial charge in [-0.1, -0.05) is 13.8 Å². The maximum atomic E-state index is 13.2. The Morgan fingerprint density at radius 3 is 2.61 bits per heavy atom. The quantitative estimate of drug-likeness (QED) is 0.397. The lowest BCUT2D eigenvalue weighted by atomic mass is 9.45. The Morgan fingerprint density at radius 1 is 1.18 bits per heavy atom. The minimum absolute atomic E-state index is 0.218. The highest BCUT2D eigenvalue weighted by atomic mass is 16.7. The third-order valence-electron chi connectivity index (χ3n) is 9.40. The van der Waals surface area contributed by atoms with Gasteiger partial charge in [0.15, 0.2) is 6.29 Å². The second-order valence-electron chi connectivity index (χ2n) is 11.4. The Kier molecular flexibility index (Phi) is 7.21. The molecular weight excluding hydrogens is 500 g/mol. The molecule has 0 aromatic carbocycles. The van der Waals surface area contributed by atoms with Crippen molar-refractivity contribution in [3.63, 3.8) is 0 Å². The van der Waals surface area contributed by atoms with Gasteiger partial charge in [-0.15, -0.1) is 0 Å². The summed E-state index contributed by atoms with van der Waals surface area (Å²) in [4.78, 5) is 26.3. The number of furan rings is 1. The van der Waals surface area contributed by atoms with E-state index in [1.165, 1.54) is 13.4 Å². The second-order valence-corrected chi connectivity index (χ2v) is 11.4. The number of aliphatic hydroxyl groups is 4. The molecule has 3 heterocycles. The van der Waals surface area contributed by atoms with Gasteiger partial charge in [-0.3, -0.25) is 4.79 Å². The lowest BCUT2D eigenvalue weighted by Gasteiger charge is -2.60. The van der Waals surface area contributed by atoms with Crippen LogP contribution in [0.25, 0.3) is 0 Å². The number of ether oxygens (including phenoxy) is 4. The number of cyclic esters (lactones) is 1. The van der Waals surface area contributed by atoms with Gasteiger partial charge in [0.05, 0.1) is 38.3 Å². The van der Waals surface area contributed by atoms with Crippen LogP contribution in [0.2, 0.25) is 0 Å². The predicted octanol–water partition coefficient (Wildman–Crippen LogP) is 0.995. The topological polar surface area (TPSA) is 165 Å². The summed E-state index contributed by atoms with van der Waals surface area (Å²) in [6.07, 6.45) is -1.63. The fourth-order valence-corrected chi connectivity index (χ4v) is 7.28. The molecule has 3 fully saturated rings. The Balaban J connectivity index is 1.49. The van der Waals surface area contributed by atoms with Crippen LogP contribution in [0.3, 0.4) is 0 Å². The monoisotopic (exact) mass is 536 g/mol. The van der Waals surface area contributed by atoms with Crippen LogP contribution in [0.1, 0.15) is 51.2 Å². The fraction of sp³-hybridized carbons (Fsp3) is 0.704. The SMILES string of the molecule is COC(=O)C1=C[C@@H](O[C@@H]2O[C@H](CO)[C@@H](O)[C@H](O)[C@H]2O)C[C@H]2[C@]3(C)C[C@@H](c4ccoc4)OC(=O)[C@@H]3CC[C@@]12C. The van der Waals surface area contributed by atoms with Crippen molar-refractivity contribution in [2.24, 2.45) is 22.7 Å². The molecule has 38 heavy (non-hydrogen) atoms. The summed E-state index contributed by atoms with van der Waals surface area (Å²) in [5.74, 6) is -1.39. The zero-order chi connectivity index (χ0) is 27.4. The van der Waals surface area contributed by atoms with Crippen molar-refractivity contribution < 1.29 is 53.4 Å². The Labute approximate surface area is 220 Å². The summed E-state index contributed by atoms with van der Waals surface area (Å²) >= 11 is 0. The summed E-state index contributed by atoms with van der Waals surface area (Å²) in [6.45, 7) is 3.48. The molecule has 0 unspecified atom stereocenters. The molecule has 4 aliphatic rings. The molecule has 2 saturated heterocycles. The molecule has 1 aromatic heterocycles. The van der Waals surface area contributed by atoms with Crippen molar-refractivity contribution in [1.82, 2.24) is 0 Å². The first-order valence-corrected chi connectivity index (χ1v) is 13.0. The van der Waals surface area contributed by atoms with Gasteiger partial charge in [-0.2, -0.15) is 0 Å². The van der Waals surface area contributed by atoms with Crippen molar-refractivity contribution >= 4 is 11.9 Å². The van der Waals surface area contributed by atoms with Gasteiger partial charge in [0, 0.05) is 16.6 Å². The van der Waals surface area contributed by atoms with E-state index in [1.807, 2.05) is 6.92 Å².